The lowest BCUT2D eigenvalue weighted by molar-refractivity contribution is 0.255. The number of anilines is 1. The molecule has 6 N–H and O–H groups in total. The van der Waals surface area contributed by atoms with Gasteiger partial charge in [-0.1, -0.05) is 0 Å². The van der Waals surface area contributed by atoms with Crippen LogP contribution < -0.4 is 22.1 Å². The normalized spacial score (nSPS) is 9.50. The molecule has 0 saturated carbocycles. The van der Waals surface area contributed by atoms with Crippen molar-refractivity contribution in [3.05, 3.63) is 5.38 Å². The van der Waals surface area contributed by atoms with Crippen molar-refractivity contribution in [1.82, 2.24) is 4.98 Å². The summed E-state index contributed by atoms with van der Waals surface area (Å²) in [5.74, 6) is 0.343. The summed E-state index contributed by atoms with van der Waals surface area (Å²) in [4.78, 5) is 19.6. The first-order chi connectivity index (χ1) is 6.50. The van der Waals surface area contributed by atoms with E-state index >= 15 is 0 Å². The highest BCUT2D eigenvalue weighted by atomic mass is 32.1. The van der Waals surface area contributed by atoms with Crippen LogP contribution in [0.4, 0.5) is 15.7 Å². The van der Waals surface area contributed by atoms with Crippen LogP contribution in [0.3, 0.4) is 0 Å². The molecule has 76 valence electrons. The molecule has 0 radical (unpaired) electrons. The Morgan fingerprint density at radius 2 is 2.21 bits per heavy atom. The summed E-state index contributed by atoms with van der Waals surface area (Å²) in [6.07, 6.45) is 0. The second kappa shape index (κ2) is 3.92. The Morgan fingerprint density at radius 1 is 1.57 bits per heavy atom. The molecule has 7 nitrogen and oxygen atoms in total. The zero-order valence-corrected chi connectivity index (χ0v) is 8.28. The van der Waals surface area contributed by atoms with E-state index in [4.69, 9.17) is 17.2 Å². The second-order valence-corrected chi connectivity index (χ2v) is 3.26. The van der Waals surface area contributed by atoms with Gasteiger partial charge in [-0.25, -0.2) is 9.78 Å². The number of carbonyl (C=O) groups excluding carboxylic acids is 1. The largest absolute Gasteiger partial charge is 0.370 e. The number of aliphatic imine (C=N–C) groups is 1. The Labute approximate surface area is 84.2 Å². The van der Waals surface area contributed by atoms with Crippen molar-refractivity contribution in [2.24, 2.45) is 22.2 Å². The molecule has 0 atom stereocenters. The Bertz CT molecular complexity index is 368. The van der Waals surface area contributed by atoms with Gasteiger partial charge in [0.25, 0.3) is 0 Å². The topological polar surface area (TPSA) is 124 Å². The minimum Gasteiger partial charge on any atom is -0.370 e. The van der Waals surface area contributed by atoms with Crippen molar-refractivity contribution < 1.29 is 4.79 Å². The van der Waals surface area contributed by atoms with E-state index in [2.05, 4.69) is 9.98 Å². The number of aromatic nitrogens is 1. The molecule has 1 rings (SSSR count). The SMILES string of the molecule is CN(C(N)=O)c1csc(N=C(N)N)n1. The molecule has 14 heavy (non-hydrogen) atoms. The molecule has 0 aliphatic rings. The van der Waals surface area contributed by atoms with Crippen LogP contribution in [0, 0.1) is 0 Å². The van der Waals surface area contributed by atoms with Crippen LogP contribution in [0.1, 0.15) is 0 Å². The van der Waals surface area contributed by atoms with E-state index in [1.807, 2.05) is 0 Å². The lowest BCUT2D eigenvalue weighted by Gasteiger charge is -2.08. The summed E-state index contributed by atoms with van der Waals surface area (Å²) >= 11 is 1.22. The highest BCUT2D eigenvalue weighted by Crippen LogP contribution is 2.23. The molecule has 0 unspecified atom stereocenters. The Morgan fingerprint density at radius 3 is 2.71 bits per heavy atom. The van der Waals surface area contributed by atoms with Crippen LogP contribution in [0.2, 0.25) is 0 Å². The lowest BCUT2D eigenvalue weighted by Crippen LogP contribution is -2.31. The molecular formula is C6H10N6OS. The molecular weight excluding hydrogens is 204 g/mol. The van der Waals surface area contributed by atoms with E-state index in [9.17, 15) is 4.79 Å². The fourth-order valence-corrected chi connectivity index (χ4v) is 1.41. The van der Waals surface area contributed by atoms with Gasteiger partial charge in [-0.2, -0.15) is 4.99 Å². The number of guanidine groups is 1. The molecule has 0 aromatic carbocycles. The maximum Gasteiger partial charge on any atom is 0.320 e. The van der Waals surface area contributed by atoms with E-state index in [1.165, 1.54) is 23.3 Å². The first-order valence-electron chi connectivity index (χ1n) is 3.59. The molecule has 0 fully saturated rings. The first-order valence-corrected chi connectivity index (χ1v) is 4.47. The quantitative estimate of drug-likeness (QED) is 0.456. The molecule has 0 saturated heterocycles. The van der Waals surface area contributed by atoms with Crippen LogP contribution in [0.25, 0.3) is 0 Å². The minimum atomic E-state index is -0.591. The Kier molecular flexibility index (Phi) is 2.87. The average molecular weight is 214 g/mol. The van der Waals surface area contributed by atoms with Gasteiger partial charge in [0, 0.05) is 12.4 Å². The fourth-order valence-electron chi connectivity index (χ4n) is 0.685. The van der Waals surface area contributed by atoms with E-state index < -0.39 is 6.03 Å². The highest BCUT2D eigenvalue weighted by molar-refractivity contribution is 7.13. The predicted octanol–water partition coefficient (Wildman–Crippen LogP) is -0.437. The summed E-state index contributed by atoms with van der Waals surface area (Å²) in [6.45, 7) is 0. The zero-order chi connectivity index (χ0) is 10.7. The third kappa shape index (κ3) is 2.33. The van der Waals surface area contributed by atoms with Crippen molar-refractivity contribution in [3.8, 4) is 0 Å². The predicted molar refractivity (Wildman–Crippen MR) is 55.6 cm³/mol. The Hall–Kier alpha value is -1.83. The van der Waals surface area contributed by atoms with E-state index in [-0.39, 0.29) is 5.96 Å². The lowest BCUT2D eigenvalue weighted by atomic mass is 10.6. The molecule has 0 spiro atoms. The number of amides is 2. The van der Waals surface area contributed by atoms with Gasteiger partial charge in [0.05, 0.1) is 0 Å². The number of hydrogen-bond acceptors (Lipinski definition) is 4. The van der Waals surface area contributed by atoms with Crippen molar-refractivity contribution >= 4 is 34.3 Å². The summed E-state index contributed by atoms with van der Waals surface area (Å²) in [7, 11) is 1.51. The Balaban J connectivity index is 2.88. The molecule has 1 heterocycles. The molecule has 2 amide bonds. The maximum atomic E-state index is 10.8. The summed E-state index contributed by atoms with van der Waals surface area (Å²) in [5.41, 5.74) is 15.4. The highest BCUT2D eigenvalue weighted by Gasteiger charge is 2.10. The third-order valence-electron chi connectivity index (χ3n) is 1.38. The number of hydrogen-bond donors (Lipinski definition) is 3. The number of nitrogens with two attached hydrogens (primary N) is 3. The van der Waals surface area contributed by atoms with Crippen LogP contribution >= 0.6 is 11.3 Å². The van der Waals surface area contributed by atoms with Gasteiger partial charge < -0.3 is 17.2 Å². The van der Waals surface area contributed by atoms with Gasteiger partial charge >= 0.3 is 6.03 Å². The molecule has 0 aliphatic heterocycles. The molecule has 0 aliphatic carbocycles. The number of carbonyl (C=O) groups is 1. The van der Waals surface area contributed by atoms with E-state index in [0.29, 0.717) is 10.9 Å². The van der Waals surface area contributed by atoms with Crippen LogP contribution in [-0.2, 0) is 0 Å². The molecule has 1 aromatic rings. The second-order valence-electron chi connectivity index (χ2n) is 2.42. The summed E-state index contributed by atoms with van der Waals surface area (Å²) in [5, 5.41) is 2.01. The third-order valence-corrected chi connectivity index (χ3v) is 2.10. The average Bonchev–Trinajstić information content (AvgIpc) is 2.50. The van der Waals surface area contributed by atoms with Crippen molar-refractivity contribution in [2.75, 3.05) is 11.9 Å². The van der Waals surface area contributed by atoms with E-state index in [0.717, 1.165) is 0 Å². The molecule has 8 heteroatoms. The smallest absolute Gasteiger partial charge is 0.320 e. The minimum absolute atomic E-state index is 0.0763. The number of urea groups is 1. The van der Waals surface area contributed by atoms with E-state index in [1.54, 1.807) is 5.38 Å². The van der Waals surface area contributed by atoms with Gasteiger partial charge in [0.1, 0.15) is 5.82 Å². The number of thiazole rings is 1. The van der Waals surface area contributed by atoms with Crippen molar-refractivity contribution in [2.45, 2.75) is 0 Å². The fraction of sp³-hybridized carbons (Fsp3) is 0.167. The summed E-state index contributed by atoms with van der Waals surface area (Å²) < 4.78 is 0. The first kappa shape index (κ1) is 10.3. The molecule has 1 aromatic heterocycles. The van der Waals surface area contributed by atoms with Gasteiger partial charge in [0.2, 0.25) is 5.13 Å². The van der Waals surface area contributed by atoms with Crippen LogP contribution in [0.15, 0.2) is 10.4 Å². The van der Waals surface area contributed by atoms with Gasteiger partial charge in [-0.3, -0.25) is 4.90 Å². The number of nitrogens with zero attached hydrogens (tertiary/aromatic N) is 3. The maximum absolute atomic E-state index is 10.8. The zero-order valence-electron chi connectivity index (χ0n) is 7.47. The van der Waals surface area contributed by atoms with Gasteiger partial charge in [-0.05, 0) is 0 Å². The van der Waals surface area contributed by atoms with Gasteiger partial charge in [-0.15, -0.1) is 11.3 Å². The van der Waals surface area contributed by atoms with Crippen molar-refractivity contribution in [3.63, 3.8) is 0 Å². The summed E-state index contributed by atoms with van der Waals surface area (Å²) in [6, 6.07) is -0.591. The molecule has 0 bridgehead atoms. The number of primary amides is 1. The van der Waals surface area contributed by atoms with Gasteiger partial charge in [0.15, 0.2) is 5.96 Å². The van der Waals surface area contributed by atoms with Crippen molar-refractivity contribution in [1.29, 1.82) is 0 Å². The van der Waals surface area contributed by atoms with Crippen LogP contribution in [-0.4, -0.2) is 24.0 Å². The number of rotatable bonds is 2. The van der Waals surface area contributed by atoms with Crippen LogP contribution in [0.5, 0.6) is 0 Å². The standard InChI is InChI=1S/C6H10N6OS/c1-12(5(9)13)3-2-14-6(10-3)11-4(7)8/h2H,1H3,(H2,9,13)(H4,7,8,10,11). The monoisotopic (exact) mass is 214 g/mol.